The van der Waals surface area contributed by atoms with Crippen molar-refractivity contribution in [3.8, 4) is 0 Å². The van der Waals surface area contributed by atoms with Crippen LogP contribution in [0.4, 0.5) is 0 Å². The van der Waals surface area contributed by atoms with Crippen LogP contribution in [-0.2, 0) is 62.5 Å². The topological polar surface area (TPSA) is 270 Å². The number of hydrogen-bond donors (Lipinski definition) is 6. The van der Waals surface area contributed by atoms with E-state index in [1.54, 1.807) is 12.1 Å². The van der Waals surface area contributed by atoms with Crippen LogP contribution in [0.1, 0.15) is 112 Å². The highest BCUT2D eigenvalue weighted by Crippen LogP contribution is 2.53. The smallest absolute Gasteiger partial charge is 0.472 e. The van der Waals surface area contributed by atoms with E-state index in [1.807, 2.05) is 72.8 Å². The molecule has 6 aromatic carbocycles. The van der Waals surface area contributed by atoms with Crippen LogP contribution in [0.15, 0.2) is 169 Å². The molecule has 0 aliphatic heterocycles. The fourth-order valence-electron chi connectivity index (χ4n) is 10.0. The number of rotatable bonds is 24. The van der Waals surface area contributed by atoms with Gasteiger partial charge in [0, 0.05) is 23.8 Å². The van der Waals surface area contributed by atoms with Gasteiger partial charge in [-0.15, -0.1) is 0 Å². The lowest BCUT2D eigenvalue weighted by Crippen LogP contribution is -2.35. The SMILES string of the molecule is O=C(O)CCCCCOP(=O)(O)OC1CCC(c2ccccc2)(c2ccccc2)CC1.O=C(O)CCNS(=O)(=O)c1ccc2ccccc2c1.O=C(O)CCOP(=O)(O)OC1CCC(c2ccccc2)(c2ccccc2)CC1. The molecule has 2 fully saturated rings. The molecule has 0 spiro atoms. The van der Waals surface area contributed by atoms with Crippen LogP contribution in [0.2, 0.25) is 0 Å². The monoisotopic (exact) mass is 1130 g/mol. The van der Waals surface area contributed by atoms with Gasteiger partial charge in [0.15, 0.2) is 0 Å². The number of sulfonamides is 1. The van der Waals surface area contributed by atoms with Gasteiger partial charge >= 0.3 is 33.6 Å². The molecule has 8 rings (SSSR count). The fourth-order valence-corrected chi connectivity index (χ4v) is 13.1. The Bertz CT molecular complexity index is 2960. The fraction of sp³-hybridized carbons (Fsp3) is 0.362. The van der Waals surface area contributed by atoms with Gasteiger partial charge in [0.25, 0.3) is 0 Å². The van der Waals surface area contributed by atoms with Crippen molar-refractivity contribution >= 4 is 54.3 Å². The van der Waals surface area contributed by atoms with Gasteiger partial charge in [0.1, 0.15) is 0 Å². The summed E-state index contributed by atoms with van der Waals surface area (Å²) in [5.74, 6) is -2.97. The maximum atomic E-state index is 12.3. The van der Waals surface area contributed by atoms with E-state index in [9.17, 15) is 41.7 Å². The van der Waals surface area contributed by atoms with E-state index in [0.717, 1.165) is 36.5 Å². The first-order valence-electron chi connectivity index (χ1n) is 26.0. The number of carboxylic acids is 3. The first-order chi connectivity index (χ1) is 37.3. The lowest BCUT2D eigenvalue weighted by atomic mass is 9.65. The zero-order chi connectivity index (χ0) is 56.1. The first kappa shape index (κ1) is 61.3. The molecule has 2 aliphatic rings. The highest BCUT2D eigenvalue weighted by Gasteiger charge is 2.42. The van der Waals surface area contributed by atoms with Gasteiger partial charge in [0.05, 0.1) is 43.2 Å². The Labute approximate surface area is 455 Å². The van der Waals surface area contributed by atoms with E-state index >= 15 is 0 Å². The summed E-state index contributed by atoms with van der Waals surface area (Å²) < 4.78 is 71.3. The maximum Gasteiger partial charge on any atom is 0.472 e. The minimum absolute atomic E-state index is 0.0814. The number of carboxylic acid groups (broad SMARTS) is 3. The summed E-state index contributed by atoms with van der Waals surface area (Å²) in [5, 5.41) is 27.5. The Morgan fingerprint density at radius 2 is 0.872 bits per heavy atom. The van der Waals surface area contributed by atoms with Crippen molar-refractivity contribution in [1.29, 1.82) is 0 Å². The van der Waals surface area contributed by atoms with Crippen LogP contribution in [0.25, 0.3) is 10.8 Å². The van der Waals surface area contributed by atoms with Gasteiger partial charge in [0.2, 0.25) is 10.0 Å². The molecule has 0 saturated heterocycles. The summed E-state index contributed by atoms with van der Waals surface area (Å²) in [5.41, 5.74) is 4.67. The molecular formula is C58H69NO16P2S. The number of phosphoric ester groups is 2. The molecule has 2 aliphatic carbocycles. The second-order valence-corrected chi connectivity index (χ2v) is 23.8. The lowest BCUT2D eigenvalue weighted by molar-refractivity contribution is -0.138. The summed E-state index contributed by atoms with van der Waals surface area (Å²) in [7, 11) is -12.1. The molecule has 418 valence electrons. The number of aliphatic carboxylic acids is 3. The van der Waals surface area contributed by atoms with E-state index in [1.165, 1.54) is 28.3 Å². The molecule has 0 amide bonds. The Morgan fingerprint density at radius 3 is 1.28 bits per heavy atom. The van der Waals surface area contributed by atoms with Crippen molar-refractivity contribution in [2.45, 2.75) is 118 Å². The van der Waals surface area contributed by atoms with E-state index in [0.29, 0.717) is 44.9 Å². The van der Waals surface area contributed by atoms with Gasteiger partial charge in [-0.05, 0) is 109 Å². The predicted octanol–water partition coefficient (Wildman–Crippen LogP) is 11.8. The molecule has 0 heterocycles. The first-order valence-corrected chi connectivity index (χ1v) is 30.5. The van der Waals surface area contributed by atoms with Crippen LogP contribution in [0.3, 0.4) is 0 Å². The summed E-state index contributed by atoms with van der Waals surface area (Å²) in [6, 6.07) is 53.7. The summed E-state index contributed by atoms with van der Waals surface area (Å²) >= 11 is 0. The molecule has 20 heteroatoms. The quantitative estimate of drug-likeness (QED) is 0.0243. The van der Waals surface area contributed by atoms with Gasteiger partial charge in [-0.2, -0.15) is 0 Å². The summed E-state index contributed by atoms with van der Waals surface area (Å²) in [4.78, 5) is 51.5. The van der Waals surface area contributed by atoms with Crippen molar-refractivity contribution in [3.05, 3.63) is 186 Å². The van der Waals surface area contributed by atoms with Gasteiger partial charge in [-0.25, -0.2) is 22.3 Å². The number of nitrogens with one attached hydrogen (secondary N) is 1. The van der Waals surface area contributed by atoms with Crippen LogP contribution in [0, 0.1) is 0 Å². The van der Waals surface area contributed by atoms with Crippen molar-refractivity contribution in [2.75, 3.05) is 19.8 Å². The van der Waals surface area contributed by atoms with Crippen molar-refractivity contribution < 1.29 is 75.1 Å². The van der Waals surface area contributed by atoms with Crippen molar-refractivity contribution in [2.24, 2.45) is 0 Å². The zero-order valence-electron chi connectivity index (χ0n) is 43.3. The highest BCUT2D eigenvalue weighted by molar-refractivity contribution is 7.89. The third-order valence-corrected chi connectivity index (χ3v) is 17.6. The number of fused-ring (bicyclic) bond motifs is 1. The number of hydrogen-bond acceptors (Lipinski definition) is 11. The maximum absolute atomic E-state index is 12.3. The largest absolute Gasteiger partial charge is 0.481 e. The Hall–Kier alpha value is -5.88. The molecule has 2 atom stereocenters. The van der Waals surface area contributed by atoms with Gasteiger partial charge < -0.3 is 25.1 Å². The van der Waals surface area contributed by atoms with Crippen LogP contribution >= 0.6 is 15.6 Å². The van der Waals surface area contributed by atoms with E-state index in [-0.39, 0.29) is 60.9 Å². The van der Waals surface area contributed by atoms with Crippen molar-refractivity contribution in [3.63, 3.8) is 0 Å². The average molecular weight is 1130 g/mol. The van der Waals surface area contributed by atoms with E-state index in [2.05, 4.69) is 77.5 Å². The highest BCUT2D eigenvalue weighted by atomic mass is 32.2. The molecule has 17 nitrogen and oxygen atoms in total. The molecule has 0 bridgehead atoms. The zero-order valence-corrected chi connectivity index (χ0v) is 45.9. The number of phosphoric acid groups is 2. The molecular weight excluding hydrogens is 1060 g/mol. The Kier molecular flexibility index (Phi) is 23.1. The predicted molar refractivity (Wildman–Crippen MR) is 295 cm³/mol. The second-order valence-electron chi connectivity index (χ2n) is 19.2. The second kappa shape index (κ2) is 29.4. The average Bonchev–Trinajstić information content (AvgIpc) is 3.43. The minimum atomic E-state index is -4.27. The number of benzene rings is 6. The third-order valence-electron chi connectivity index (χ3n) is 14.0. The van der Waals surface area contributed by atoms with E-state index in [4.69, 9.17) is 33.4 Å². The molecule has 2 unspecified atom stereocenters. The van der Waals surface area contributed by atoms with Crippen LogP contribution in [0.5, 0.6) is 0 Å². The normalized spacial score (nSPS) is 16.9. The Balaban J connectivity index is 0.000000195. The Morgan fingerprint density at radius 1 is 0.487 bits per heavy atom. The molecule has 78 heavy (non-hydrogen) atoms. The lowest BCUT2D eigenvalue weighted by Gasteiger charge is -2.41. The number of carbonyl (C=O) groups is 3. The molecule has 6 aromatic rings. The summed E-state index contributed by atoms with van der Waals surface area (Å²) in [6.07, 6.45) is 6.20. The van der Waals surface area contributed by atoms with Gasteiger partial charge in [-0.1, -0.05) is 158 Å². The van der Waals surface area contributed by atoms with Crippen molar-refractivity contribution in [1.82, 2.24) is 4.72 Å². The standard InChI is InChI=1S/C24H31O6P.C21H25O6P.C13H13NO4S/c25-23(26)14-8-3-9-19-29-31(27,28)30-22-15-17-24(18-16-22,20-10-4-1-5-11-20)21-12-6-2-7-13-21;22-20(23)13-16-26-28(24,25)27-19-11-14-21(15-12-19,17-7-3-1-4-8-17)18-9-5-2-6-10-18;15-13(16)7-8-14-19(17,18)12-6-5-10-3-1-2-4-11(10)9-12/h1-2,4-7,10-13,22H,3,8-9,14-19H2,(H,25,26)(H,27,28);1-10,19H,11-16H2,(H,22,23)(H,24,25);1-6,9,14H,7-8H2,(H,15,16). The minimum Gasteiger partial charge on any atom is -0.481 e. The molecule has 6 N–H and O–H groups in total. The van der Waals surface area contributed by atoms with Crippen LogP contribution < -0.4 is 4.72 Å². The molecule has 0 aromatic heterocycles. The number of unbranched alkanes of at least 4 members (excludes halogenated alkanes) is 2. The molecule has 0 radical (unpaired) electrons. The van der Waals surface area contributed by atoms with Gasteiger partial charge in [-0.3, -0.25) is 32.5 Å². The van der Waals surface area contributed by atoms with Crippen LogP contribution in [-0.4, -0.2) is 83.4 Å². The molecule has 2 saturated carbocycles. The van der Waals surface area contributed by atoms with E-state index < -0.39 is 49.7 Å². The third kappa shape index (κ3) is 18.6. The summed E-state index contributed by atoms with van der Waals surface area (Å²) in [6.45, 7) is -0.392.